The van der Waals surface area contributed by atoms with E-state index in [1.165, 1.54) is 22.4 Å². The van der Waals surface area contributed by atoms with E-state index in [1.807, 2.05) is 0 Å². The Bertz CT molecular complexity index is 1080. The van der Waals surface area contributed by atoms with Crippen LogP contribution in [0.4, 0.5) is 5.69 Å². The van der Waals surface area contributed by atoms with Gasteiger partial charge in [0.2, 0.25) is 5.91 Å². The molecule has 4 aliphatic heterocycles. The van der Waals surface area contributed by atoms with Crippen LogP contribution in [0.3, 0.4) is 0 Å². The molecule has 2 aromatic rings. The number of fused-ring (bicyclic) bond motifs is 12. The van der Waals surface area contributed by atoms with Gasteiger partial charge < -0.3 is 15.0 Å². The van der Waals surface area contributed by atoms with Crippen LogP contribution in [0.1, 0.15) is 41.4 Å². The maximum Gasteiger partial charge on any atom is 0.223 e. The molecule has 30 heavy (non-hydrogen) atoms. The molecule has 4 nitrogen and oxygen atoms in total. The fourth-order valence-corrected chi connectivity index (χ4v) is 8.60. The number of nitrogens with zero attached hydrogens (tertiary/aromatic N) is 1. The van der Waals surface area contributed by atoms with Crippen LogP contribution < -0.4 is 10.2 Å². The van der Waals surface area contributed by atoms with E-state index in [0.29, 0.717) is 41.5 Å². The van der Waals surface area contributed by atoms with Crippen LogP contribution in [0.25, 0.3) is 0 Å². The van der Waals surface area contributed by atoms with E-state index in [9.17, 15) is 4.79 Å². The smallest absolute Gasteiger partial charge is 0.223 e. The van der Waals surface area contributed by atoms with E-state index in [1.54, 1.807) is 0 Å². The number of rotatable bonds is 0. The summed E-state index contributed by atoms with van der Waals surface area (Å²) in [6.45, 7) is 0.831. The zero-order chi connectivity index (χ0) is 19.6. The van der Waals surface area contributed by atoms with E-state index in [-0.39, 0.29) is 18.2 Å². The summed E-state index contributed by atoms with van der Waals surface area (Å²) in [5.41, 5.74) is 5.78. The van der Waals surface area contributed by atoms with E-state index >= 15 is 0 Å². The summed E-state index contributed by atoms with van der Waals surface area (Å²) >= 11 is 0. The predicted molar refractivity (Wildman–Crippen MR) is 113 cm³/mol. The first-order valence-electron chi connectivity index (χ1n) is 11.7. The van der Waals surface area contributed by atoms with Crippen molar-refractivity contribution in [2.45, 2.75) is 49.5 Å². The van der Waals surface area contributed by atoms with E-state index in [4.69, 9.17) is 4.74 Å². The minimum Gasteiger partial charge on any atom is -0.356 e. The van der Waals surface area contributed by atoms with Crippen molar-refractivity contribution in [1.29, 1.82) is 0 Å². The van der Waals surface area contributed by atoms with Crippen LogP contribution in [0.15, 0.2) is 48.5 Å². The molecule has 2 bridgehead atoms. The Morgan fingerprint density at radius 1 is 0.900 bits per heavy atom. The Kier molecular flexibility index (Phi) is 2.99. The molecule has 4 heteroatoms. The summed E-state index contributed by atoms with van der Waals surface area (Å²) in [5, 5.41) is 3.28. The molecule has 2 aliphatic carbocycles. The molecule has 6 aliphatic rings. The summed E-state index contributed by atoms with van der Waals surface area (Å²) in [7, 11) is 0. The van der Waals surface area contributed by atoms with Crippen molar-refractivity contribution in [3.63, 3.8) is 0 Å². The second-order valence-corrected chi connectivity index (χ2v) is 10.3. The molecular formula is C26H26N2O2. The van der Waals surface area contributed by atoms with Crippen molar-refractivity contribution < 1.29 is 9.53 Å². The Hall–Kier alpha value is -2.33. The van der Waals surface area contributed by atoms with Crippen molar-refractivity contribution in [3.05, 3.63) is 65.2 Å². The van der Waals surface area contributed by atoms with E-state index < -0.39 is 0 Å². The highest BCUT2D eigenvalue weighted by molar-refractivity contribution is 5.83. The number of hydrogen-bond donors (Lipinski definition) is 1. The molecule has 1 amide bonds. The van der Waals surface area contributed by atoms with E-state index in [0.717, 1.165) is 25.8 Å². The highest BCUT2D eigenvalue weighted by Gasteiger charge is 2.66. The lowest BCUT2D eigenvalue weighted by molar-refractivity contribution is -0.127. The van der Waals surface area contributed by atoms with Crippen molar-refractivity contribution in [1.82, 2.24) is 5.32 Å². The molecule has 0 radical (unpaired) electrons. The SMILES string of the molecule is O=C1NCC2C1C1Cc3ccccc3C3C1C1C2c2ccccc2N1C1CC[C@@H]3O1. The molecule has 8 rings (SSSR count). The minimum atomic E-state index is 0.136. The van der Waals surface area contributed by atoms with Gasteiger partial charge in [-0.2, -0.15) is 0 Å². The molecule has 4 fully saturated rings. The Labute approximate surface area is 176 Å². The molecule has 9 atom stereocenters. The molecule has 0 aromatic heterocycles. The number of anilines is 1. The maximum atomic E-state index is 13.2. The van der Waals surface area contributed by atoms with Crippen LogP contribution in [-0.2, 0) is 16.0 Å². The minimum absolute atomic E-state index is 0.136. The molecule has 2 aromatic carbocycles. The molecule has 1 saturated carbocycles. The zero-order valence-corrected chi connectivity index (χ0v) is 16.9. The first kappa shape index (κ1) is 16.4. The highest BCUT2D eigenvalue weighted by Crippen LogP contribution is 2.65. The van der Waals surface area contributed by atoms with Gasteiger partial charge in [-0.25, -0.2) is 0 Å². The van der Waals surface area contributed by atoms with Crippen LogP contribution in [0, 0.1) is 23.7 Å². The monoisotopic (exact) mass is 398 g/mol. The topological polar surface area (TPSA) is 41.6 Å². The maximum absolute atomic E-state index is 13.2. The van der Waals surface area contributed by atoms with Crippen molar-refractivity contribution in [2.24, 2.45) is 23.7 Å². The quantitative estimate of drug-likeness (QED) is 0.739. The van der Waals surface area contributed by atoms with Gasteiger partial charge in [-0.15, -0.1) is 0 Å². The standard InChI is InChI=1S/C26H26N2O2/c29-26-22-16-11-13-5-1-2-6-14(13)23-19-9-10-20(30-19)28-18-8-4-3-7-15(18)21(17(22)12-27-26)25(28)24(16)23/h1-8,16-17,19-25H,9-12H2,(H,27,29)/t16?,17?,19-,20?,21?,22?,23?,24?,25?/m0/s1. The van der Waals surface area contributed by atoms with E-state index in [2.05, 4.69) is 58.7 Å². The predicted octanol–water partition coefficient (Wildman–Crippen LogP) is 3.43. The summed E-state index contributed by atoms with van der Waals surface area (Å²) in [5.74, 6) is 2.58. The van der Waals surface area contributed by atoms with Crippen LogP contribution in [0.2, 0.25) is 0 Å². The number of nitrogens with one attached hydrogen (secondary N) is 1. The first-order valence-corrected chi connectivity index (χ1v) is 11.7. The van der Waals surface area contributed by atoms with Gasteiger partial charge in [0.05, 0.1) is 6.10 Å². The fraction of sp³-hybridized carbons (Fsp3) is 0.500. The number of carbonyl (C=O) groups excluding carboxylic acids is 1. The third-order valence-electron chi connectivity index (χ3n) is 9.38. The average Bonchev–Trinajstić information content (AvgIpc) is 3.44. The second kappa shape index (κ2) is 5.47. The average molecular weight is 399 g/mol. The van der Waals surface area contributed by atoms with Gasteiger partial charge >= 0.3 is 0 Å². The van der Waals surface area contributed by atoms with Crippen LogP contribution in [0.5, 0.6) is 0 Å². The van der Waals surface area contributed by atoms with Crippen LogP contribution in [-0.4, -0.2) is 30.8 Å². The lowest BCUT2D eigenvalue weighted by atomic mass is 9.51. The third-order valence-corrected chi connectivity index (χ3v) is 9.38. The number of para-hydroxylation sites is 1. The molecular weight excluding hydrogens is 372 g/mol. The van der Waals surface area contributed by atoms with Crippen LogP contribution >= 0.6 is 0 Å². The molecule has 1 N–H and O–H groups in total. The Morgan fingerprint density at radius 3 is 2.67 bits per heavy atom. The number of carbonyl (C=O) groups is 1. The normalized spacial score (nSPS) is 43.9. The first-order chi connectivity index (χ1) is 14.8. The van der Waals surface area contributed by atoms with Gasteiger partial charge in [-0.05, 0) is 59.8 Å². The lowest BCUT2D eigenvalue weighted by Crippen LogP contribution is -2.58. The van der Waals surface area contributed by atoms with Gasteiger partial charge in [0, 0.05) is 36.0 Å². The number of benzene rings is 2. The van der Waals surface area contributed by atoms with Gasteiger partial charge in [0.25, 0.3) is 0 Å². The van der Waals surface area contributed by atoms with Crippen molar-refractivity contribution in [3.8, 4) is 0 Å². The molecule has 4 heterocycles. The number of amides is 1. The Balaban J connectivity index is 1.42. The molecule has 0 spiro atoms. The summed E-state index contributed by atoms with van der Waals surface area (Å²) in [6, 6.07) is 18.5. The largest absolute Gasteiger partial charge is 0.356 e. The van der Waals surface area contributed by atoms with Gasteiger partial charge in [0.1, 0.15) is 6.23 Å². The summed E-state index contributed by atoms with van der Waals surface area (Å²) in [6.07, 6.45) is 3.75. The van der Waals surface area contributed by atoms with Gasteiger partial charge in [-0.3, -0.25) is 4.79 Å². The Morgan fingerprint density at radius 2 is 1.73 bits per heavy atom. The lowest BCUT2D eigenvalue weighted by Gasteiger charge is -2.54. The molecule has 3 saturated heterocycles. The van der Waals surface area contributed by atoms with Gasteiger partial charge in [0.15, 0.2) is 0 Å². The number of ether oxygens (including phenoxy) is 1. The second-order valence-electron chi connectivity index (χ2n) is 10.3. The van der Waals surface area contributed by atoms with Crippen molar-refractivity contribution in [2.75, 3.05) is 11.4 Å². The summed E-state index contributed by atoms with van der Waals surface area (Å²) in [4.78, 5) is 15.8. The molecule has 152 valence electrons. The zero-order valence-electron chi connectivity index (χ0n) is 16.9. The molecule has 8 unspecified atom stereocenters. The number of hydrogen-bond acceptors (Lipinski definition) is 3. The van der Waals surface area contributed by atoms with Gasteiger partial charge in [-0.1, -0.05) is 42.5 Å². The highest BCUT2D eigenvalue weighted by atomic mass is 16.5. The van der Waals surface area contributed by atoms with Crippen molar-refractivity contribution >= 4 is 11.6 Å². The third kappa shape index (κ3) is 1.78. The fourth-order valence-electron chi connectivity index (χ4n) is 8.60. The summed E-state index contributed by atoms with van der Waals surface area (Å²) < 4.78 is 6.82.